The van der Waals surface area contributed by atoms with Crippen LogP contribution >= 0.6 is 0 Å². The molecule has 0 saturated carbocycles. The van der Waals surface area contributed by atoms with Gasteiger partial charge in [0.1, 0.15) is 0 Å². The van der Waals surface area contributed by atoms with Crippen LogP contribution in [0.25, 0.3) is 0 Å². The lowest BCUT2D eigenvalue weighted by Crippen LogP contribution is -2.34. The van der Waals surface area contributed by atoms with E-state index in [1.54, 1.807) is 0 Å². The molecule has 0 saturated heterocycles. The summed E-state index contributed by atoms with van der Waals surface area (Å²) in [5, 5.41) is 10.2. The second kappa shape index (κ2) is 9.18. The average Bonchev–Trinajstić information content (AvgIpc) is 2.94. The Bertz CT molecular complexity index is 862. The Labute approximate surface area is 168 Å². The normalized spacial score (nSPS) is 18.2. The highest BCUT2D eigenvalue weighted by molar-refractivity contribution is 5.33. The third kappa shape index (κ3) is 4.35. The van der Waals surface area contributed by atoms with E-state index in [0.717, 1.165) is 32.4 Å². The summed E-state index contributed by atoms with van der Waals surface area (Å²) >= 11 is 0. The molecule has 1 heterocycles. The molecule has 3 aromatic carbocycles. The van der Waals surface area contributed by atoms with Crippen LogP contribution in [-0.4, -0.2) is 29.7 Å². The molecule has 0 bridgehead atoms. The molecule has 0 aliphatic carbocycles. The van der Waals surface area contributed by atoms with E-state index in [1.165, 1.54) is 22.3 Å². The van der Waals surface area contributed by atoms with Crippen molar-refractivity contribution >= 4 is 0 Å². The molecule has 1 aliphatic rings. The van der Waals surface area contributed by atoms with Gasteiger partial charge >= 0.3 is 0 Å². The van der Waals surface area contributed by atoms with E-state index in [9.17, 15) is 5.11 Å². The Hall–Kier alpha value is -2.42. The van der Waals surface area contributed by atoms with Crippen LogP contribution in [0.2, 0.25) is 0 Å². The molecule has 0 spiro atoms. The van der Waals surface area contributed by atoms with Crippen molar-refractivity contribution in [3.63, 3.8) is 0 Å². The third-order valence-corrected chi connectivity index (χ3v) is 6.04. The van der Waals surface area contributed by atoms with Crippen LogP contribution in [0.15, 0.2) is 84.9 Å². The summed E-state index contributed by atoms with van der Waals surface area (Å²) in [5.41, 5.74) is 5.56. The Morgan fingerprint density at radius 3 is 2.29 bits per heavy atom. The van der Waals surface area contributed by atoms with Gasteiger partial charge in [0.15, 0.2) is 0 Å². The number of aliphatic hydroxyl groups is 1. The van der Waals surface area contributed by atoms with Crippen molar-refractivity contribution in [2.24, 2.45) is 0 Å². The molecule has 2 atom stereocenters. The zero-order chi connectivity index (χ0) is 19.2. The molecule has 0 aromatic heterocycles. The van der Waals surface area contributed by atoms with Crippen molar-refractivity contribution in [2.75, 3.05) is 19.7 Å². The van der Waals surface area contributed by atoms with E-state index < -0.39 is 0 Å². The molecular weight excluding hydrogens is 342 g/mol. The smallest absolute Gasteiger partial charge is 0.0628 e. The van der Waals surface area contributed by atoms with E-state index in [-0.39, 0.29) is 12.6 Å². The van der Waals surface area contributed by atoms with Crippen molar-refractivity contribution in [1.82, 2.24) is 4.90 Å². The molecule has 3 aromatic rings. The van der Waals surface area contributed by atoms with E-state index in [0.29, 0.717) is 5.92 Å². The standard InChI is InChI=1S/C26H29NO/c28-20-26(23-12-5-2-6-13-23)27-18-17-22-11-7-8-14-25(22)24(19-27)16-15-21-9-3-1-4-10-21/h1-14,24,26,28H,15-20H2/t24-,26-/m1/s1. The summed E-state index contributed by atoms with van der Waals surface area (Å²) in [6.07, 6.45) is 3.26. The molecule has 1 N–H and O–H groups in total. The number of rotatable bonds is 6. The Morgan fingerprint density at radius 2 is 1.54 bits per heavy atom. The average molecular weight is 372 g/mol. The maximum absolute atomic E-state index is 10.2. The van der Waals surface area contributed by atoms with Crippen LogP contribution in [0.1, 0.15) is 40.6 Å². The minimum absolute atomic E-state index is 0.0646. The Kier molecular flexibility index (Phi) is 6.20. The van der Waals surface area contributed by atoms with Crippen LogP contribution in [0.3, 0.4) is 0 Å². The second-order valence-electron chi connectivity index (χ2n) is 7.77. The Balaban J connectivity index is 1.58. The molecule has 4 rings (SSSR count). The monoisotopic (exact) mass is 371 g/mol. The summed E-state index contributed by atoms with van der Waals surface area (Å²) in [6.45, 7) is 2.13. The second-order valence-corrected chi connectivity index (χ2v) is 7.77. The van der Waals surface area contributed by atoms with E-state index in [2.05, 4.69) is 83.8 Å². The zero-order valence-electron chi connectivity index (χ0n) is 16.4. The number of hydrogen-bond acceptors (Lipinski definition) is 2. The van der Waals surface area contributed by atoms with Crippen molar-refractivity contribution < 1.29 is 5.11 Å². The first-order valence-corrected chi connectivity index (χ1v) is 10.4. The van der Waals surface area contributed by atoms with Gasteiger partial charge < -0.3 is 5.11 Å². The summed E-state index contributed by atoms with van der Waals surface area (Å²) in [4.78, 5) is 2.49. The number of aryl methyl sites for hydroxylation is 1. The third-order valence-electron chi connectivity index (χ3n) is 6.04. The molecule has 144 valence electrons. The van der Waals surface area contributed by atoms with Crippen molar-refractivity contribution in [3.05, 3.63) is 107 Å². The van der Waals surface area contributed by atoms with Gasteiger partial charge in [0.25, 0.3) is 0 Å². The lowest BCUT2D eigenvalue weighted by molar-refractivity contribution is 0.119. The zero-order valence-corrected chi connectivity index (χ0v) is 16.4. The number of benzene rings is 3. The van der Waals surface area contributed by atoms with Crippen LogP contribution in [0.5, 0.6) is 0 Å². The van der Waals surface area contributed by atoms with E-state index >= 15 is 0 Å². The van der Waals surface area contributed by atoms with Gasteiger partial charge in [-0.25, -0.2) is 0 Å². The summed E-state index contributed by atoms with van der Waals surface area (Å²) in [5.74, 6) is 0.483. The lowest BCUT2D eigenvalue weighted by atomic mass is 9.89. The summed E-state index contributed by atoms with van der Waals surface area (Å²) < 4.78 is 0. The predicted octanol–water partition coefficient (Wildman–Crippen LogP) is 4.99. The minimum Gasteiger partial charge on any atom is -0.394 e. The van der Waals surface area contributed by atoms with Gasteiger partial charge in [0.2, 0.25) is 0 Å². The van der Waals surface area contributed by atoms with Crippen LogP contribution in [0, 0.1) is 0 Å². The fourth-order valence-electron chi connectivity index (χ4n) is 4.52. The van der Waals surface area contributed by atoms with Crippen molar-refractivity contribution in [2.45, 2.75) is 31.2 Å². The first-order valence-electron chi connectivity index (χ1n) is 10.4. The molecular formula is C26H29NO. The van der Waals surface area contributed by atoms with Gasteiger partial charge in [-0.15, -0.1) is 0 Å². The van der Waals surface area contributed by atoms with Gasteiger partial charge in [-0.2, -0.15) is 0 Å². The first kappa shape index (κ1) is 18.9. The van der Waals surface area contributed by atoms with Crippen molar-refractivity contribution in [3.8, 4) is 0 Å². The summed E-state index contributed by atoms with van der Waals surface area (Å²) in [7, 11) is 0. The maximum Gasteiger partial charge on any atom is 0.0628 e. The topological polar surface area (TPSA) is 23.5 Å². The SMILES string of the molecule is OC[C@H](c1ccccc1)N1CCc2ccccc2[C@H](CCc2ccccc2)C1. The van der Waals surface area contributed by atoms with E-state index in [1.807, 2.05) is 6.07 Å². The van der Waals surface area contributed by atoms with Gasteiger partial charge in [-0.1, -0.05) is 84.9 Å². The van der Waals surface area contributed by atoms with Gasteiger partial charge in [0, 0.05) is 13.1 Å². The molecule has 0 radical (unpaired) electrons. The number of nitrogens with zero attached hydrogens (tertiary/aromatic N) is 1. The molecule has 28 heavy (non-hydrogen) atoms. The van der Waals surface area contributed by atoms with E-state index in [4.69, 9.17) is 0 Å². The van der Waals surface area contributed by atoms with Crippen LogP contribution in [0.4, 0.5) is 0 Å². The lowest BCUT2D eigenvalue weighted by Gasteiger charge is -2.32. The number of hydrogen-bond donors (Lipinski definition) is 1. The van der Waals surface area contributed by atoms with Crippen LogP contribution < -0.4 is 0 Å². The predicted molar refractivity (Wildman–Crippen MR) is 115 cm³/mol. The minimum atomic E-state index is 0.0646. The molecule has 0 unspecified atom stereocenters. The molecule has 0 fully saturated rings. The highest BCUT2D eigenvalue weighted by Gasteiger charge is 2.27. The molecule has 1 aliphatic heterocycles. The highest BCUT2D eigenvalue weighted by atomic mass is 16.3. The van der Waals surface area contributed by atoms with Crippen LogP contribution in [-0.2, 0) is 12.8 Å². The quantitative estimate of drug-likeness (QED) is 0.659. The molecule has 2 nitrogen and oxygen atoms in total. The molecule has 0 amide bonds. The Morgan fingerprint density at radius 1 is 0.857 bits per heavy atom. The first-order chi connectivity index (χ1) is 13.8. The largest absolute Gasteiger partial charge is 0.394 e. The van der Waals surface area contributed by atoms with Gasteiger partial charge in [0.05, 0.1) is 12.6 Å². The summed E-state index contributed by atoms with van der Waals surface area (Å²) in [6, 6.07) is 30.2. The number of aliphatic hydroxyl groups excluding tert-OH is 1. The van der Waals surface area contributed by atoms with Gasteiger partial charge in [-0.05, 0) is 47.4 Å². The maximum atomic E-state index is 10.2. The fraction of sp³-hybridized carbons (Fsp3) is 0.308. The fourth-order valence-corrected chi connectivity index (χ4v) is 4.52. The van der Waals surface area contributed by atoms with Crippen molar-refractivity contribution in [1.29, 1.82) is 0 Å². The number of fused-ring (bicyclic) bond motifs is 1. The van der Waals surface area contributed by atoms with Gasteiger partial charge in [-0.3, -0.25) is 4.90 Å². The molecule has 2 heteroatoms. The highest BCUT2D eigenvalue weighted by Crippen LogP contribution is 2.33.